The van der Waals surface area contributed by atoms with E-state index in [0.717, 1.165) is 12.1 Å². The van der Waals surface area contributed by atoms with Gasteiger partial charge in [-0.25, -0.2) is 8.42 Å². The number of amidine groups is 1. The van der Waals surface area contributed by atoms with Crippen LogP contribution >= 0.6 is 11.8 Å². The molecule has 3 aliphatic heterocycles. The third-order valence-corrected chi connectivity index (χ3v) is 7.72. The fourth-order valence-electron chi connectivity index (χ4n) is 3.39. The molecular formula is C16H18N2O4S2. The number of nitrogens with zero attached hydrogens (tertiary/aromatic N) is 2. The second kappa shape index (κ2) is 6.16. The van der Waals surface area contributed by atoms with Crippen LogP contribution < -0.4 is 4.90 Å². The largest absolute Gasteiger partial charge is 0.368 e. The van der Waals surface area contributed by atoms with Gasteiger partial charge in [0.2, 0.25) is 0 Å². The standard InChI is InChI=1S/C16H18N2O4S2/c19-15(13-7-4-8-22-13)17-16-18(11-5-2-1-3-6-11)12-9-24(20,21)10-14(12)23-16/h1-3,5-6,12-14H,4,7-10H2/t12-,13+,14+/m0/s1. The van der Waals surface area contributed by atoms with Crippen molar-refractivity contribution in [2.75, 3.05) is 23.0 Å². The SMILES string of the molecule is O=C(N=C1S[C@@H]2CS(=O)(=O)C[C@@H]2N1c1ccccc1)[C@H]1CCCO1. The van der Waals surface area contributed by atoms with Crippen LogP contribution in [0.15, 0.2) is 35.3 Å². The highest BCUT2D eigenvalue weighted by molar-refractivity contribution is 8.16. The molecule has 0 N–H and O–H groups in total. The van der Waals surface area contributed by atoms with Crippen LogP contribution in [-0.4, -0.2) is 55.0 Å². The number of fused-ring (bicyclic) bond motifs is 1. The molecule has 1 amide bonds. The average Bonchev–Trinajstić information content (AvgIpc) is 3.22. The summed E-state index contributed by atoms with van der Waals surface area (Å²) in [5.74, 6) is -0.0235. The highest BCUT2D eigenvalue weighted by Crippen LogP contribution is 2.41. The monoisotopic (exact) mass is 366 g/mol. The van der Waals surface area contributed by atoms with E-state index >= 15 is 0 Å². The second-order valence-corrected chi connectivity index (χ2v) is 9.60. The van der Waals surface area contributed by atoms with E-state index in [9.17, 15) is 13.2 Å². The first-order valence-corrected chi connectivity index (χ1v) is 10.7. The van der Waals surface area contributed by atoms with Crippen LogP contribution in [0.4, 0.5) is 5.69 Å². The minimum atomic E-state index is -3.04. The molecule has 0 radical (unpaired) electrons. The molecule has 0 aliphatic carbocycles. The maximum atomic E-state index is 12.4. The molecule has 1 aromatic carbocycles. The number of para-hydroxylation sites is 1. The van der Waals surface area contributed by atoms with Crippen molar-refractivity contribution >= 4 is 38.4 Å². The lowest BCUT2D eigenvalue weighted by atomic mass is 10.2. The summed E-state index contributed by atoms with van der Waals surface area (Å²) in [7, 11) is -3.04. The van der Waals surface area contributed by atoms with E-state index in [0.29, 0.717) is 18.2 Å². The Labute approximate surface area is 145 Å². The third-order valence-electron chi connectivity index (χ3n) is 4.51. The van der Waals surface area contributed by atoms with Crippen molar-refractivity contribution in [3.8, 4) is 0 Å². The lowest BCUT2D eigenvalue weighted by Gasteiger charge is -2.24. The van der Waals surface area contributed by atoms with E-state index < -0.39 is 15.9 Å². The van der Waals surface area contributed by atoms with Gasteiger partial charge in [-0.3, -0.25) is 4.79 Å². The molecule has 8 heteroatoms. The van der Waals surface area contributed by atoms with Gasteiger partial charge in [-0.05, 0) is 25.0 Å². The molecule has 3 heterocycles. The Morgan fingerprint density at radius 3 is 2.75 bits per heavy atom. The summed E-state index contributed by atoms with van der Waals surface area (Å²) in [6, 6.07) is 9.37. The van der Waals surface area contributed by atoms with E-state index in [-0.39, 0.29) is 28.7 Å². The summed E-state index contributed by atoms with van der Waals surface area (Å²) in [6.45, 7) is 0.598. The van der Waals surface area contributed by atoms with Crippen molar-refractivity contribution in [2.24, 2.45) is 4.99 Å². The van der Waals surface area contributed by atoms with Crippen LogP contribution in [0.2, 0.25) is 0 Å². The molecule has 0 aromatic heterocycles. The van der Waals surface area contributed by atoms with Crippen LogP contribution in [-0.2, 0) is 19.4 Å². The Hall–Kier alpha value is -1.38. The Morgan fingerprint density at radius 2 is 2.04 bits per heavy atom. The molecule has 3 fully saturated rings. The molecule has 0 bridgehead atoms. The van der Waals surface area contributed by atoms with Gasteiger partial charge in [0.05, 0.1) is 17.5 Å². The molecule has 3 saturated heterocycles. The van der Waals surface area contributed by atoms with Gasteiger partial charge in [-0.1, -0.05) is 30.0 Å². The third kappa shape index (κ3) is 2.98. The molecule has 1 aromatic rings. The van der Waals surface area contributed by atoms with E-state index in [1.165, 1.54) is 11.8 Å². The lowest BCUT2D eigenvalue weighted by molar-refractivity contribution is -0.126. The summed E-state index contributed by atoms with van der Waals surface area (Å²) in [5, 5.41) is 0.512. The van der Waals surface area contributed by atoms with Crippen molar-refractivity contribution in [1.82, 2.24) is 0 Å². The molecule has 6 nitrogen and oxygen atoms in total. The van der Waals surface area contributed by atoms with E-state index in [2.05, 4.69) is 4.99 Å². The van der Waals surface area contributed by atoms with E-state index in [1.54, 1.807) is 0 Å². The van der Waals surface area contributed by atoms with Crippen LogP contribution in [0.3, 0.4) is 0 Å². The van der Waals surface area contributed by atoms with Gasteiger partial charge in [0.1, 0.15) is 6.10 Å². The van der Waals surface area contributed by atoms with Crippen molar-refractivity contribution in [1.29, 1.82) is 0 Å². The highest BCUT2D eigenvalue weighted by atomic mass is 32.2. The molecule has 0 spiro atoms. The van der Waals surface area contributed by atoms with Crippen molar-refractivity contribution in [3.63, 3.8) is 0 Å². The molecule has 0 saturated carbocycles. The lowest BCUT2D eigenvalue weighted by Crippen LogP contribution is -2.38. The summed E-state index contributed by atoms with van der Waals surface area (Å²) in [6.07, 6.45) is 1.12. The van der Waals surface area contributed by atoms with Crippen molar-refractivity contribution in [3.05, 3.63) is 30.3 Å². The van der Waals surface area contributed by atoms with Gasteiger partial charge >= 0.3 is 0 Å². The number of carbonyl (C=O) groups is 1. The molecule has 3 atom stereocenters. The maximum absolute atomic E-state index is 12.4. The van der Waals surface area contributed by atoms with Gasteiger partial charge in [0.15, 0.2) is 15.0 Å². The molecule has 3 aliphatic rings. The molecule has 0 unspecified atom stereocenters. The van der Waals surface area contributed by atoms with Gasteiger partial charge in [-0.15, -0.1) is 0 Å². The number of amides is 1. The number of hydrogen-bond acceptors (Lipinski definition) is 5. The van der Waals surface area contributed by atoms with Crippen LogP contribution in [0, 0.1) is 0 Å². The minimum absolute atomic E-state index is 0.0775. The summed E-state index contributed by atoms with van der Waals surface area (Å²) >= 11 is 1.39. The topological polar surface area (TPSA) is 76.0 Å². The summed E-state index contributed by atoms with van der Waals surface area (Å²) < 4.78 is 29.4. The van der Waals surface area contributed by atoms with Crippen molar-refractivity contribution < 1.29 is 17.9 Å². The second-order valence-electron chi connectivity index (χ2n) is 6.24. The zero-order valence-electron chi connectivity index (χ0n) is 13.0. The molecule has 128 valence electrons. The number of hydrogen-bond donors (Lipinski definition) is 0. The number of sulfone groups is 1. The smallest absolute Gasteiger partial charge is 0.277 e. The first kappa shape index (κ1) is 16.1. The number of aliphatic imine (C=N–C) groups is 1. The zero-order valence-corrected chi connectivity index (χ0v) is 14.6. The molecule has 24 heavy (non-hydrogen) atoms. The van der Waals surface area contributed by atoms with Crippen LogP contribution in [0.1, 0.15) is 12.8 Å². The van der Waals surface area contributed by atoms with Gasteiger partial charge in [0, 0.05) is 17.5 Å². The molecular weight excluding hydrogens is 348 g/mol. The molecule has 4 rings (SSSR count). The fourth-order valence-corrected chi connectivity index (χ4v) is 7.31. The summed E-state index contributed by atoms with van der Waals surface area (Å²) in [5.41, 5.74) is 0.869. The minimum Gasteiger partial charge on any atom is -0.368 e. The number of carbonyl (C=O) groups excluding carboxylic acids is 1. The van der Waals surface area contributed by atoms with E-state index in [4.69, 9.17) is 4.74 Å². The average molecular weight is 366 g/mol. The Morgan fingerprint density at radius 1 is 1.25 bits per heavy atom. The normalized spacial score (nSPS) is 33.1. The van der Waals surface area contributed by atoms with Crippen LogP contribution in [0.5, 0.6) is 0 Å². The predicted molar refractivity (Wildman–Crippen MR) is 94.2 cm³/mol. The Bertz CT molecular complexity index is 773. The Balaban J connectivity index is 1.67. The van der Waals surface area contributed by atoms with Gasteiger partial charge < -0.3 is 9.64 Å². The number of anilines is 1. The highest BCUT2D eigenvalue weighted by Gasteiger charge is 2.49. The predicted octanol–water partition coefficient (Wildman–Crippen LogP) is 1.47. The number of benzene rings is 1. The zero-order chi connectivity index (χ0) is 16.7. The van der Waals surface area contributed by atoms with Gasteiger partial charge in [0.25, 0.3) is 5.91 Å². The van der Waals surface area contributed by atoms with Gasteiger partial charge in [-0.2, -0.15) is 4.99 Å². The van der Waals surface area contributed by atoms with Crippen LogP contribution in [0.25, 0.3) is 0 Å². The fraction of sp³-hybridized carbons (Fsp3) is 0.500. The maximum Gasteiger partial charge on any atom is 0.277 e. The quantitative estimate of drug-likeness (QED) is 0.789. The number of ether oxygens (including phenoxy) is 1. The van der Waals surface area contributed by atoms with E-state index in [1.807, 2.05) is 35.2 Å². The Kier molecular flexibility index (Phi) is 4.14. The first-order chi connectivity index (χ1) is 11.5. The van der Waals surface area contributed by atoms with Crippen molar-refractivity contribution in [2.45, 2.75) is 30.2 Å². The number of rotatable bonds is 2. The number of thioether (sulfide) groups is 1. The first-order valence-electron chi connectivity index (χ1n) is 7.99. The summed E-state index contributed by atoms with van der Waals surface area (Å²) in [4.78, 5) is 18.6.